The first-order valence-electron chi connectivity index (χ1n) is 9.95. The van der Waals surface area contributed by atoms with Crippen molar-refractivity contribution >= 4 is 57.1 Å². The van der Waals surface area contributed by atoms with Crippen molar-refractivity contribution in [2.75, 3.05) is 0 Å². The summed E-state index contributed by atoms with van der Waals surface area (Å²) in [6.45, 7) is 0. The topological polar surface area (TPSA) is 46.2 Å². The SMILES string of the molecule is O=C1NC(=O)/C(=[C]2\c3ccc[c]4c3C=[C](Cc3ccccc3-c3ccccc3)[In]24)S1. The molecule has 0 radical (unpaired) electrons. The summed E-state index contributed by atoms with van der Waals surface area (Å²) < 4.78 is 4.15. The number of thioether (sulfide) groups is 1. The molecule has 3 aromatic rings. The van der Waals surface area contributed by atoms with Crippen molar-refractivity contribution in [2.24, 2.45) is 0 Å². The third-order valence-corrected chi connectivity index (χ3v) is 17.3. The van der Waals surface area contributed by atoms with Gasteiger partial charge < -0.3 is 0 Å². The molecule has 30 heavy (non-hydrogen) atoms. The van der Waals surface area contributed by atoms with E-state index in [9.17, 15) is 9.59 Å². The Hall–Kier alpha value is -2.50. The monoisotopic (exact) mass is 509 g/mol. The number of benzene rings is 3. The molecule has 1 N–H and O–H groups in total. The summed E-state index contributed by atoms with van der Waals surface area (Å²) in [7, 11) is 0. The molecule has 0 saturated carbocycles. The van der Waals surface area contributed by atoms with E-state index in [1.54, 1.807) is 0 Å². The van der Waals surface area contributed by atoms with Crippen LogP contribution in [0.2, 0.25) is 0 Å². The normalized spacial score (nSPS) is 18.8. The van der Waals surface area contributed by atoms with Crippen molar-refractivity contribution in [3.63, 3.8) is 0 Å². The van der Waals surface area contributed by atoms with Crippen molar-refractivity contribution in [1.29, 1.82) is 0 Å². The number of imide groups is 1. The second kappa shape index (κ2) is 7.03. The summed E-state index contributed by atoms with van der Waals surface area (Å²) in [5.74, 6) is -0.221. The summed E-state index contributed by atoms with van der Waals surface area (Å²) in [5, 5.41) is 2.20. The summed E-state index contributed by atoms with van der Waals surface area (Å²) >= 11 is -1.51. The third kappa shape index (κ3) is 2.76. The van der Waals surface area contributed by atoms with Crippen LogP contribution in [-0.4, -0.2) is 32.6 Å². The third-order valence-electron chi connectivity index (χ3n) is 6.09. The van der Waals surface area contributed by atoms with Gasteiger partial charge in [0.2, 0.25) is 0 Å². The van der Waals surface area contributed by atoms with Crippen LogP contribution >= 0.6 is 11.8 Å². The molecule has 3 nitrogen and oxygen atoms in total. The number of allylic oxidation sites excluding steroid dienone is 1. The first-order chi connectivity index (χ1) is 14.7. The fraction of sp³-hybridized carbons (Fsp3) is 0.0400. The van der Waals surface area contributed by atoms with Crippen LogP contribution in [-0.2, 0) is 11.2 Å². The van der Waals surface area contributed by atoms with E-state index in [1.807, 2.05) is 6.07 Å². The Bertz CT molecular complexity index is 1310. The molecule has 3 aliphatic rings. The first-order valence-corrected chi connectivity index (χ1v) is 15.7. The summed E-state index contributed by atoms with van der Waals surface area (Å²) in [5.41, 5.74) is 6.28. The number of carbonyl (C=O) groups is 2. The maximum absolute atomic E-state index is 12.5. The van der Waals surface area contributed by atoms with Crippen LogP contribution in [0.25, 0.3) is 20.5 Å². The van der Waals surface area contributed by atoms with Gasteiger partial charge in [-0.2, -0.15) is 0 Å². The van der Waals surface area contributed by atoms with E-state index in [0.717, 1.165) is 18.2 Å². The summed E-state index contributed by atoms with van der Waals surface area (Å²) in [6, 6.07) is 25.5. The molecule has 0 aliphatic carbocycles. The van der Waals surface area contributed by atoms with Crippen molar-refractivity contribution in [3.8, 4) is 11.1 Å². The number of carbonyl (C=O) groups excluding carboxylic acids is 2. The maximum atomic E-state index is 12.5. The second-order valence-electron chi connectivity index (χ2n) is 7.75. The molecule has 6 rings (SSSR count). The van der Waals surface area contributed by atoms with Gasteiger partial charge in [0.25, 0.3) is 0 Å². The van der Waals surface area contributed by atoms with Gasteiger partial charge in [-0.3, -0.25) is 0 Å². The Kier molecular flexibility index (Phi) is 4.29. The molecule has 5 heteroatoms. The summed E-state index contributed by atoms with van der Waals surface area (Å²) in [6.07, 6.45) is 3.27. The van der Waals surface area contributed by atoms with Gasteiger partial charge in [0.05, 0.1) is 0 Å². The van der Waals surface area contributed by atoms with Gasteiger partial charge in [-0.25, -0.2) is 0 Å². The van der Waals surface area contributed by atoms with Crippen LogP contribution in [0.15, 0.2) is 81.0 Å². The van der Waals surface area contributed by atoms with E-state index in [1.165, 1.54) is 37.8 Å². The van der Waals surface area contributed by atoms with E-state index in [-0.39, 0.29) is 11.1 Å². The van der Waals surface area contributed by atoms with Crippen molar-refractivity contribution in [1.82, 2.24) is 5.32 Å². The molecule has 142 valence electrons. The van der Waals surface area contributed by atoms with Crippen LogP contribution in [0.5, 0.6) is 0 Å². The van der Waals surface area contributed by atoms with E-state index in [4.69, 9.17) is 0 Å². The Labute approximate surface area is 186 Å². The molecule has 2 amide bonds. The molecule has 3 heterocycles. The Morgan fingerprint density at radius 3 is 2.37 bits per heavy atom. The number of hydrogen-bond donors (Lipinski definition) is 1. The molecule has 3 aliphatic heterocycles. The predicted molar refractivity (Wildman–Crippen MR) is 123 cm³/mol. The minimum absolute atomic E-state index is 0.221. The van der Waals surface area contributed by atoms with Crippen LogP contribution in [0.3, 0.4) is 0 Å². The Balaban J connectivity index is 1.44. The van der Waals surface area contributed by atoms with Gasteiger partial charge in [-0.15, -0.1) is 0 Å². The molecular weight excluding hydrogens is 493 g/mol. The van der Waals surface area contributed by atoms with Crippen molar-refractivity contribution in [3.05, 3.63) is 97.7 Å². The molecule has 1 saturated heterocycles. The fourth-order valence-corrected chi connectivity index (χ4v) is 17.3. The Morgan fingerprint density at radius 1 is 0.833 bits per heavy atom. The molecule has 0 spiro atoms. The predicted octanol–water partition coefficient (Wildman–Crippen LogP) is 4.48. The van der Waals surface area contributed by atoms with Gasteiger partial charge in [0.1, 0.15) is 0 Å². The minimum atomic E-state index is -2.59. The van der Waals surface area contributed by atoms with Gasteiger partial charge in [-0.1, -0.05) is 0 Å². The molecular formula is C25H16InNO2S. The number of hydrogen-bond acceptors (Lipinski definition) is 3. The van der Waals surface area contributed by atoms with Gasteiger partial charge >= 0.3 is 187 Å². The van der Waals surface area contributed by atoms with Gasteiger partial charge in [-0.05, 0) is 0 Å². The Morgan fingerprint density at radius 2 is 1.60 bits per heavy atom. The summed E-state index contributed by atoms with van der Waals surface area (Å²) in [4.78, 5) is 25.0. The first kappa shape index (κ1) is 18.3. The zero-order valence-corrected chi connectivity index (χ0v) is 20.1. The van der Waals surface area contributed by atoms with Crippen LogP contribution in [0.1, 0.15) is 16.7 Å². The molecule has 0 atom stereocenters. The molecule has 0 unspecified atom stereocenters. The standard InChI is InChI=1S/C25H16NO2S.In/c27-24-23(29-25(28)26-24)17-21-13-5-4-9-18(21)14-8-15-20-12-6-7-16-22(20)19-10-2-1-3-11-19;/h1-7,10-14,16H,15H2,(H,26,27,28);. The van der Waals surface area contributed by atoms with E-state index in [0.29, 0.717) is 4.91 Å². The van der Waals surface area contributed by atoms with Crippen molar-refractivity contribution < 1.29 is 9.59 Å². The van der Waals surface area contributed by atoms with Gasteiger partial charge in [0, 0.05) is 0 Å². The number of amides is 2. The molecule has 0 aromatic heterocycles. The molecule has 3 aromatic carbocycles. The average molecular weight is 509 g/mol. The van der Waals surface area contributed by atoms with Gasteiger partial charge in [0.15, 0.2) is 0 Å². The number of nitrogens with one attached hydrogen (secondary N) is 1. The molecule has 1 fully saturated rings. The van der Waals surface area contributed by atoms with E-state index in [2.05, 4.69) is 78.1 Å². The van der Waals surface area contributed by atoms with Crippen molar-refractivity contribution in [2.45, 2.75) is 6.42 Å². The van der Waals surface area contributed by atoms with Crippen LogP contribution in [0, 0.1) is 0 Å². The zero-order chi connectivity index (χ0) is 20.2. The van der Waals surface area contributed by atoms with E-state index < -0.39 is 21.4 Å². The number of rotatable bonds is 3. The fourth-order valence-electron chi connectivity index (χ4n) is 4.89. The quantitative estimate of drug-likeness (QED) is 0.530. The molecule has 4 bridgehead atoms. The second-order valence-corrected chi connectivity index (χ2v) is 16.7. The van der Waals surface area contributed by atoms with Crippen LogP contribution in [0.4, 0.5) is 4.79 Å². The van der Waals surface area contributed by atoms with Crippen LogP contribution < -0.4 is 8.64 Å². The average Bonchev–Trinajstić information content (AvgIpc) is 3.34. The van der Waals surface area contributed by atoms with E-state index >= 15 is 0 Å². The zero-order valence-electron chi connectivity index (χ0n) is 16.0.